The van der Waals surface area contributed by atoms with Crippen molar-refractivity contribution in [2.75, 3.05) is 13.2 Å². The molecule has 0 aromatic rings. The summed E-state index contributed by atoms with van der Waals surface area (Å²) in [5, 5.41) is 0.649. The molecule has 0 bridgehead atoms. The fourth-order valence-corrected chi connectivity index (χ4v) is 2.92. The van der Waals surface area contributed by atoms with E-state index in [1.54, 1.807) is 0 Å². The Morgan fingerprint density at radius 2 is 1.67 bits per heavy atom. The number of halogens is 1. The first-order valence-corrected chi connectivity index (χ1v) is 6.49. The van der Waals surface area contributed by atoms with Crippen molar-refractivity contribution in [3.63, 3.8) is 0 Å². The van der Waals surface area contributed by atoms with Crippen LogP contribution in [0.5, 0.6) is 0 Å². The molecule has 3 rings (SSSR count). The quantitative estimate of drug-likeness (QED) is 0.674. The van der Waals surface area contributed by atoms with Crippen molar-refractivity contribution < 1.29 is 19.1 Å². The van der Waals surface area contributed by atoms with Crippen molar-refractivity contribution in [2.24, 2.45) is 11.8 Å². The summed E-state index contributed by atoms with van der Waals surface area (Å²) in [6, 6.07) is 0. The Hall–Kier alpha value is -1.29. The highest BCUT2D eigenvalue weighted by Crippen LogP contribution is 2.40. The highest BCUT2D eigenvalue weighted by molar-refractivity contribution is 6.30. The van der Waals surface area contributed by atoms with Crippen LogP contribution < -0.4 is 0 Å². The third-order valence-corrected chi connectivity index (χ3v) is 3.91. The van der Waals surface area contributed by atoms with Crippen LogP contribution in [0.15, 0.2) is 22.6 Å². The van der Waals surface area contributed by atoms with E-state index >= 15 is 0 Å². The highest BCUT2D eigenvalue weighted by Gasteiger charge is 2.46. The van der Waals surface area contributed by atoms with E-state index in [1.165, 1.54) is 0 Å². The average molecular weight is 269 g/mol. The molecule has 0 fully saturated rings. The molecule has 4 nitrogen and oxygen atoms in total. The smallest absolute Gasteiger partial charge is 0.208 e. The molecular weight excluding hydrogens is 256 g/mol. The van der Waals surface area contributed by atoms with Gasteiger partial charge in [0.2, 0.25) is 23.1 Å². The van der Waals surface area contributed by atoms with Crippen LogP contribution in [0.2, 0.25) is 0 Å². The number of allylic oxidation sites excluding steroid dienone is 4. The van der Waals surface area contributed by atoms with Gasteiger partial charge in [0, 0.05) is 23.3 Å². The number of ether oxygens (including phenoxy) is 2. The molecule has 0 unspecified atom stereocenters. The van der Waals surface area contributed by atoms with Crippen molar-refractivity contribution in [2.45, 2.75) is 19.3 Å². The molecule has 1 aliphatic heterocycles. The number of ketones is 2. The molecule has 0 saturated heterocycles. The first-order valence-electron chi connectivity index (χ1n) is 6.11. The van der Waals surface area contributed by atoms with Crippen LogP contribution in [-0.2, 0) is 19.1 Å². The molecule has 18 heavy (non-hydrogen) atoms. The van der Waals surface area contributed by atoms with E-state index in [2.05, 4.69) is 0 Å². The summed E-state index contributed by atoms with van der Waals surface area (Å²) in [5.74, 6) is -0.717. The van der Waals surface area contributed by atoms with Gasteiger partial charge in [-0.1, -0.05) is 17.7 Å². The largest absolute Gasteiger partial charge is 0.486 e. The Labute approximate surface area is 110 Å². The van der Waals surface area contributed by atoms with E-state index in [1.807, 2.05) is 6.08 Å². The van der Waals surface area contributed by atoms with Gasteiger partial charge in [0.05, 0.1) is 13.2 Å². The van der Waals surface area contributed by atoms with E-state index < -0.39 is 0 Å². The zero-order chi connectivity index (χ0) is 12.7. The van der Waals surface area contributed by atoms with Crippen LogP contribution in [-0.4, -0.2) is 24.8 Å². The van der Waals surface area contributed by atoms with E-state index in [0.29, 0.717) is 37.5 Å². The van der Waals surface area contributed by atoms with Gasteiger partial charge in [-0.25, -0.2) is 0 Å². The van der Waals surface area contributed by atoms with Crippen molar-refractivity contribution in [1.29, 1.82) is 0 Å². The molecule has 0 saturated carbocycles. The molecule has 2 atom stereocenters. The van der Waals surface area contributed by atoms with Crippen molar-refractivity contribution in [1.82, 2.24) is 0 Å². The summed E-state index contributed by atoms with van der Waals surface area (Å²) >= 11 is 5.97. The lowest BCUT2D eigenvalue weighted by molar-refractivity contribution is -0.136. The summed E-state index contributed by atoms with van der Waals surface area (Å²) in [6.07, 6.45) is 3.43. The van der Waals surface area contributed by atoms with Gasteiger partial charge < -0.3 is 9.47 Å². The highest BCUT2D eigenvalue weighted by atomic mass is 35.5. The van der Waals surface area contributed by atoms with E-state index in [-0.39, 0.29) is 34.9 Å². The third kappa shape index (κ3) is 1.75. The normalized spacial score (nSPS) is 31.7. The Morgan fingerprint density at radius 1 is 1.06 bits per heavy atom. The molecule has 2 aliphatic carbocycles. The number of hydrogen-bond donors (Lipinski definition) is 0. The predicted octanol–water partition coefficient (Wildman–Crippen LogP) is 1.94. The molecule has 0 amide bonds. The van der Waals surface area contributed by atoms with Gasteiger partial charge >= 0.3 is 0 Å². The molecule has 0 aromatic heterocycles. The van der Waals surface area contributed by atoms with Crippen LogP contribution >= 0.6 is 11.6 Å². The van der Waals surface area contributed by atoms with Gasteiger partial charge in [-0.05, 0) is 12.8 Å². The summed E-state index contributed by atoms with van der Waals surface area (Å²) in [7, 11) is 0. The number of hydrogen-bond acceptors (Lipinski definition) is 4. The molecule has 1 heterocycles. The maximum Gasteiger partial charge on any atom is 0.208 e. The second kappa shape index (κ2) is 4.43. The van der Waals surface area contributed by atoms with Crippen LogP contribution in [0.4, 0.5) is 0 Å². The molecule has 0 aromatic carbocycles. The summed E-state index contributed by atoms with van der Waals surface area (Å²) < 4.78 is 10.8. The maximum atomic E-state index is 12.3. The monoisotopic (exact) mass is 268 g/mol. The van der Waals surface area contributed by atoms with Gasteiger partial charge in [0.25, 0.3) is 0 Å². The minimum atomic E-state index is -0.379. The fourth-order valence-electron chi connectivity index (χ4n) is 2.66. The standard InChI is InChI=1S/C13H13ClO4/c14-7-2-3-8-9(6-7)11(16)13-12(10(8)15)17-4-1-5-18-13/h2,8-9H,1,3-6H2/t8-,9+/m0/s1. The Bertz CT molecular complexity index is 477. The molecule has 5 heteroatoms. The SMILES string of the molecule is O=C1C2=C(OCCCO2)C(=O)[C@@H]2CC(Cl)=CC[C@H]12. The fraction of sp³-hybridized carbons (Fsp3) is 0.538. The lowest BCUT2D eigenvalue weighted by atomic mass is 9.73. The summed E-state index contributed by atoms with van der Waals surface area (Å²) in [5.41, 5.74) is 0. The lowest BCUT2D eigenvalue weighted by Crippen LogP contribution is -2.40. The average Bonchev–Trinajstić information content (AvgIpc) is 2.61. The zero-order valence-corrected chi connectivity index (χ0v) is 10.5. The van der Waals surface area contributed by atoms with Gasteiger partial charge in [0.15, 0.2) is 0 Å². The van der Waals surface area contributed by atoms with Gasteiger partial charge in [-0.15, -0.1) is 0 Å². The first kappa shape index (κ1) is 11.8. The second-order valence-corrected chi connectivity index (χ2v) is 5.23. The number of fused-ring (bicyclic) bond motifs is 1. The number of carbonyl (C=O) groups is 2. The summed E-state index contributed by atoms with van der Waals surface area (Å²) in [4.78, 5) is 24.6. The Balaban J connectivity index is 2.00. The van der Waals surface area contributed by atoms with Crippen molar-refractivity contribution in [3.8, 4) is 0 Å². The van der Waals surface area contributed by atoms with E-state index in [4.69, 9.17) is 21.1 Å². The number of rotatable bonds is 0. The zero-order valence-electron chi connectivity index (χ0n) is 9.78. The topological polar surface area (TPSA) is 52.6 Å². The molecule has 96 valence electrons. The number of Topliss-reactive ketones (excluding diaryl/α,β-unsaturated/α-hetero) is 2. The minimum absolute atomic E-state index is 0.114. The predicted molar refractivity (Wildman–Crippen MR) is 63.7 cm³/mol. The summed E-state index contributed by atoms with van der Waals surface area (Å²) in [6.45, 7) is 0.838. The van der Waals surface area contributed by atoms with Crippen LogP contribution in [0.1, 0.15) is 19.3 Å². The number of carbonyl (C=O) groups excluding carboxylic acids is 2. The minimum Gasteiger partial charge on any atom is -0.486 e. The van der Waals surface area contributed by atoms with Crippen LogP contribution in [0, 0.1) is 11.8 Å². The van der Waals surface area contributed by atoms with Gasteiger partial charge in [-0.2, -0.15) is 0 Å². The Morgan fingerprint density at radius 3 is 2.33 bits per heavy atom. The molecule has 3 aliphatic rings. The molecule has 0 radical (unpaired) electrons. The van der Waals surface area contributed by atoms with E-state index in [0.717, 1.165) is 0 Å². The molecular formula is C13H13ClO4. The lowest BCUT2D eigenvalue weighted by Gasteiger charge is -2.32. The first-order chi connectivity index (χ1) is 8.68. The van der Waals surface area contributed by atoms with Crippen molar-refractivity contribution in [3.05, 3.63) is 22.6 Å². The molecule has 0 N–H and O–H groups in total. The maximum absolute atomic E-state index is 12.3. The molecule has 0 spiro atoms. The Kier molecular flexibility index (Phi) is 2.90. The van der Waals surface area contributed by atoms with Crippen LogP contribution in [0.3, 0.4) is 0 Å². The third-order valence-electron chi connectivity index (χ3n) is 3.60. The van der Waals surface area contributed by atoms with Gasteiger partial charge in [-0.3, -0.25) is 9.59 Å². The van der Waals surface area contributed by atoms with Gasteiger partial charge in [0.1, 0.15) is 0 Å². The van der Waals surface area contributed by atoms with Crippen LogP contribution in [0.25, 0.3) is 0 Å². The second-order valence-electron chi connectivity index (χ2n) is 4.74. The van der Waals surface area contributed by atoms with Crippen molar-refractivity contribution >= 4 is 23.2 Å². The van der Waals surface area contributed by atoms with E-state index in [9.17, 15) is 9.59 Å².